The molecule has 2 aromatic heterocycles. The number of Topliss-reactive ketones (excluding diaryl/α,β-unsaturated/α-hetero) is 1. The molecule has 0 bridgehead atoms. The molecule has 1 N–H and O–H groups in total. The highest BCUT2D eigenvalue weighted by Crippen LogP contribution is 2.45. The van der Waals surface area contributed by atoms with Gasteiger partial charge in [0.1, 0.15) is 11.8 Å². The summed E-state index contributed by atoms with van der Waals surface area (Å²) in [6.07, 6.45) is 0. The number of amides is 1. The van der Waals surface area contributed by atoms with Gasteiger partial charge in [0.2, 0.25) is 5.13 Å². The van der Waals surface area contributed by atoms with Gasteiger partial charge in [0.15, 0.2) is 4.34 Å². The lowest BCUT2D eigenvalue weighted by molar-refractivity contribution is -0.132. The fourth-order valence-electron chi connectivity index (χ4n) is 4.80. The monoisotopic (exact) mass is 569 g/mol. The van der Waals surface area contributed by atoms with Crippen molar-refractivity contribution >= 4 is 67.8 Å². The maximum absolute atomic E-state index is 13.4. The van der Waals surface area contributed by atoms with Gasteiger partial charge < -0.3 is 5.11 Å². The molecule has 0 radical (unpaired) electrons. The largest absolute Gasteiger partial charge is 0.507 e. The summed E-state index contributed by atoms with van der Waals surface area (Å²) in [6, 6.07) is 23.1. The molecule has 5 aromatic rings. The number of nitrogens with zero attached hydrogens (tertiary/aromatic N) is 3. The molecular weight excluding hydrogens is 547 g/mol. The maximum Gasteiger partial charge on any atom is 0.301 e. The number of fused-ring (bicyclic) bond motifs is 1. The third-order valence-electron chi connectivity index (χ3n) is 6.74. The lowest BCUT2D eigenvalue weighted by Crippen LogP contribution is -2.29. The van der Waals surface area contributed by atoms with E-state index in [0.29, 0.717) is 20.8 Å². The Morgan fingerprint density at radius 3 is 2.64 bits per heavy atom. The van der Waals surface area contributed by atoms with Crippen LogP contribution < -0.4 is 4.90 Å². The number of thiophene rings is 1. The Bertz CT molecular complexity index is 1750. The first-order chi connectivity index (χ1) is 18.9. The summed E-state index contributed by atoms with van der Waals surface area (Å²) in [5.74, 6) is -0.935. The van der Waals surface area contributed by atoms with E-state index in [1.807, 2.05) is 67.8 Å². The van der Waals surface area contributed by atoms with Gasteiger partial charge in [-0.25, -0.2) is 0 Å². The standard InChI is InChI=1S/C30H23N3O3S3/c1-17-12-13-18(2)22(15-17)26(34)24-25(23-11-6-14-37-23)33(28(36)27(24)35)29-31-32-30(39-29)38-16-20-9-5-8-19-7-3-4-10-21(19)20/h3-15,25,34H,16H2,1-2H3/b26-24+. The zero-order valence-electron chi connectivity index (χ0n) is 21.1. The van der Waals surface area contributed by atoms with E-state index in [1.165, 1.54) is 55.7 Å². The van der Waals surface area contributed by atoms with Crippen LogP contribution in [0.25, 0.3) is 16.5 Å². The number of carbonyl (C=O) groups is 2. The predicted octanol–water partition coefficient (Wildman–Crippen LogP) is 7.29. The summed E-state index contributed by atoms with van der Waals surface area (Å²) in [5, 5.41) is 24.6. The molecule has 3 aromatic carbocycles. The number of anilines is 1. The van der Waals surface area contributed by atoms with E-state index in [4.69, 9.17) is 0 Å². The SMILES string of the molecule is Cc1ccc(C)c(/C(O)=C2\C(=O)C(=O)N(c3nnc(SCc4cccc5ccccc45)s3)C2c2cccs2)c1. The molecule has 194 valence electrons. The van der Waals surface area contributed by atoms with Gasteiger partial charge in [-0.2, -0.15) is 0 Å². The number of thioether (sulfide) groups is 1. The van der Waals surface area contributed by atoms with Crippen LogP contribution in [0.1, 0.15) is 33.2 Å². The second-order valence-corrected chi connectivity index (χ2v) is 12.4. The van der Waals surface area contributed by atoms with Crippen molar-refractivity contribution in [1.29, 1.82) is 0 Å². The number of hydrogen-bond donors (Lipinski definition) is 1. The molecule has 0 aliphatic carbocycles. The molecule has 3 heterocycles. The van der Waals surface area contributed by atoms with Crippen molar-refractivity contribution in [3.8, 4) is 0 Å². The van der Waals surface area contributed by atoms with Crippen molar-refractivity contribution in [2.45, 2.75) is 30.0 Å². The molecule has 0 spiro atoms. The molecule has 9 heteroatoms. The normalized spacial score (nSPS) is 16.9. The van der Waals surface area contributed by atoms with E-state index >= 15 is 0 Å². The molecule has 6 nitrogen and oxygen atoms in total. The second kappa shape index (κ2) is 10.4. The van der Waals surface area contributed by atoms with Crippen molar-refractivity contribution in [3.63, 3.8) is 0 Å². The smallest absolute Gasteiger partial charge is 0.301 e. The molecular formula is C30H23N3O3S3. The van der Waals surface area contributed by atoms with Gasteiger partial charge in [0, 0.05) is 16.2 Å². The molecule has 39 heavy (non-hydrogen) atoms. The summed E-state index contributed by atoms with van der Waals surface area (Å²) in [5.41, 5.74) is 3.55. The number of rotatable bonds is 6. The zero-order chi connectivity index (χ0) is 27.1. The molecule has 1 atom stereocenters. The van der Waals surface area contributed by atoms with Gasteiger partial charge in [-0.3, -0.25) is 14.5 Å². The van der Waals surface area contributed by atoms with Crippen molar-refractivity contribution in [2.75, 3.05) is 4.90 Å². The van der Waals surface area contributed by atoms with Gasteiger partial charge in [-0.05, 0) is 53.3 Å². The summed E-state index contributed by atoms with van der Waals surface area (Å²) >= 11 is 4.23. The van der Waals surface area contributed by atoms with E-state index in [1.54, 1.807) is 0 Å². The molecule has 1 fully saturated rings. The van der Waals surface area contributed by atoms with E-state index in [9.17, 15) is 14.7 Å². The van der Waals surface area contributed by atoms with E-state index < -0.39 is 17.7 Å². The summed E-state index contributed by atoms with van der Waals surface area (Å²) in [4.78, 5) is 29.0. The Balaban J connectivity index is 1.36. The van der Waals surface area contributed by atoms with Crippen molar-refractivity contribution < 1.29 is 14.7 Å². The molecule has 1 saturated heterocycles. The minimum Gasteiger partial charge on any atom is -0.507 e. The summed E-state index contributed by atoms with van der Waals surface area (Å²) in [7, 11) is 0. The molecule has 0 saturated carbocycles. The third kappa shape index (κ3) is 4.67. The van der Waals surface area contributed by atoms with Crippen molar-refractivity contribution in [2.24, 2.45) is 0 Å². The minimum absolute atomic E-state index is 0.0660. The van der Waals surface area contributed by atoms with E-state index in [2.05, 4.69) is 34.5 Å². The van der Waals surface area contributed by atoms with Gasteiger partial charge in [-0.15, -0.1) is 21.5 Å². The lowest BCUT2D eigenvalue weighted by atomic mass is 9.96. The van der Waals surface area contributed by atoms with Crippen LogP contribution in [0.5, 0.6) is 0 Å². The van der Waals surface area contributed by atoms with Crippen LogP contribution in [0.2, 0.25) is 0 Å². The Morgan fingerprint density at radius 1 is 1.00 bits per heavy atom. The number of aliphatic hydroxyl groups is 1. The Morgan fingerprint density at radius 2 is 1.82 bits per heavy atom. The highest BCUT2D eigenvalue weighted by atomic mass is 32.2. The molecule has 1 aliphatic heterocycles. The minimum atomic E-state index is -0.784. The number of hydrogen-bond acceptors (Lipinski definition) is 8. The number of carbonyl (C=O) groups excluding carboxylic acids is 2. The van der Waals surface area contributed by atoms with E-state index in [-0.39, 0.29) is 11.3 Å². The lowest BCUT2D eigenvalue weighted by Gasteiger charge is -2.21. The summed E-state index contributed by atoms with van der Waals surface area (Å²) < 4.78 is 0.694. The van der Waals surface area contributed by atoms with Gasteiger partial charge in [-0.1, -0.05) is 89.3 Å². The first kappa shape index (κ1) is 25.5. The Kier molecular flexibility index (Phi) is 6.80. The second-order valence-electron chi connectivity index (χ2n) is 9.28. The quantitative estimate of drug-likeness (QED) is 0.0760. The molecule has 1 unspecified atom stereocenters. The fourth-order valence-corrected chi connectivity index (χ4v) is 7.49. The maximum atomic E-state index is 13.4. The van der Waals surface area contributed by atoms with Gasteiger partial charge >= 0.3 is 5.91 Å². The highest BCUT2D eigenvalue weighted by Gasteiger charge is 2.49. The molecule has 1 aliphatic rings. The first-order valence-electron chi connectivity index (χ1n) is 12.3. The first-order valence-corrected chi connectivity index (χ1v) is 15.0. The average molecular weight is 570 g/mol. The number of aliphatic hydroxyl groups excluding tert-OH is 1. The topological polar surface area (TPSA) is 83.4 Å². The highest BCUT2D eigenvalue weighted by molar-refractivity contribution is 8.00. The third-order valence-corrected chi connectivity index (χ3v) is 9.77. The van der Waals surface area contributed by atoms with Crippen LogP contribution in [-0.2, 0) is 15.3 Å². The van der Waals surface area contributed by atoms with Crippen LogP contribution in [0.15, 0.2) is 88.1 Å². The van der Waals surface area contributed by atoms with Crippen LogP contribution in [0, 0.1) is 13.8 Å². The van der Waals surface area contributed by atoms with Crippen LogP contribution in [0.4, 0.5) is 5.13 Å². The molecule has 1 amide bonds. The van der Waals surface area contributed by atoms with Gasteiger partial charge in [0.25, 0.3) is 5.78 Å². The van der Waals surface area contributed by atoms with Crippen molar-refractivity contribution in [1.82, 2.24) is 10.2 Å². The molecule has 6 rings (SSSR count). The number of ketones is 1. The van der Waals surface area contributed by atoms with Gasteiger partial charge in [0.05, 0.1) is 5.57 Å². The number of benzene rings is 3. The Labute approximate surface area is 237 Å². The van der Waals surface area contributed by atoms with Crippen LogP contribution >= 0.6 is 34.4 Å². The Hall–Kier alpha value is -3.79. The zero-order valence-corrected chi connectivity index (χ0v) is 23.6. The number of aromatic nitrogens is 2. The van der Waals surface area contributed by atoms with E-state index in [0.717, 1.165) is 16.0 Å². The average Bonchev–Trinajstić information content (AvgIpc) is 3.69. The number of aryl methyl sites for hydroxylation is 2. The van der Waals surface area contributed by atoms with Crippen LogP contribution in [0.3, 0.4) is 0 Å². The van der Waals surface area contributed by atoms with Crippen LogP contribution in [-0.4, -0.2) is 27.0 Å². The predicted molar refractivity (Wildman–Crippen MR) is 158 cm³/mol. The van der Waals surface area contributed by atoms with Crippen molar-refractivity contribution in [3.05, 3.63) is 111 Å². The summed E-state index contributed by atoms with van der Waals surface area (Å²) in [6.45, 7) is 3.79. The fraction of sp³-hybridized carbons (Fsp3) is 0.133.